The van der Waals surface area contributed by atoms with Crippen LogP contribution >= 0.6 is 0 Å². The van der Waals surface area contributed by atoms with Gasteiger partial charge in [-0.15, -0.1) is 0 Å². The Balaban J connectivity index is 2.00. The van der Waals surface area contributed by atoms with Crippen molar-refractivity contribution in [3.8, 4) is 5.75 Å². The van der Waals surface area contributed by atoms with Crippen LogP contribution < -0.4 is 14.8 Å². The zero-order valence-corrected chi connectivity index (χ0v) is 15.6. The summed E-state index contributed by atoms with van der Waals surface area (Å²) in [6.45, 7) is 3.47. The lowest BCUT2D eigenvalue weighted by Crippen LogP contribution is -2.37. The number of carbonyl (C=O) groups excluding carboxylic acids is 1. The molecule has 2 rings (SSSR count). The Bertz CT molecular complexity index is 919. The Morgan fingerprint density at radius 2 is 1.93 bits per heavy atom. The SMILES string of the molecule is CCNS(=O)(=O)c1cccc(C(=O)NC(C)COc2ccc(F)cc2F)c1. The van der Waals surface area contributed by atoms with E-state index in [1.165, 1.54) is 24.3 Å². The fourth-order valence-corrected chi connectivity index (χ4v) is 3.32. The van der Waals surface area contributed by atoms with Gasteiger partial charge in [-0.2, -0.15) is 0 Å². The Morgan fingerprint density at radius 3 is 2.59 bits per heavy atom. The smallest absolute Gasteiger partial charge is 0.251 e. The molecule has 2 N–H and O–H groups in total. The van der Waals surface area contributed by atoms with Crippen LogP contribution in [-0.4, -0.2) is 33.5 Å². The molecule has 0 saturated carbocycles. The number of hydrogen-bond donors (Lipinski definition) is 2. The molecule has 1 atom stereocenters. The van der Waals surface area contributed by atoms with Crippen molar-refractivity contribution in [1.82, 2.24) is 10.0 Å². The van der Waals surface area contributed by atoms with Crippen molar-refractivity contribution in [2.75, 3.05) is 13.2 Å². The first kappa shape index (κ1) is 20.8. The number of hydrogen-bond acceptors (Lipinski definition) is 4. The van der Waals surface area contributed by atoms with E-state index in [-0.39, 0.29) is 29.4 Å². The van der Waals surface area contributed by atoms with Gasteiger partial charge in [-0.25, -0.2) is 21.9 Å². The van der Waals surface area contributed by atoms with Crippen LogP contribution in [0, 0.1) is 11.6 Å². The molecule has 146 valence electrons. The molecule has 6 nitrogen and oxygen atoms in total. The summed E-state index contributed by atoms with van der Waals surface area (Å²) in [6.07, 6.45) is 0. The van der Waals surface area contributed by atoms with Gasteiger partial charge in [-0.1, -0.05) is 13.0 Å². The third-order valence-corrected chi connectivity index (χ3v) is 5.04. The quantitative estimate of drug-likeness (QED) is 0.716. The van der Waals surface area contributed by atoms with Crippen molar-refractivity contribution in [2.45, 2.75) is 24.8 Å². The molecule has 0 saturated heterocycles. The second-order valence-electron chi connectivity index (χ2n) is 5.79. The highest BCUT2D eigenvalue weighted by Crippen LogP contribution is 2.18. The predicted molar refractivity (Wildman–Crippen MR) is 96.1 cm³/mol. The first-order valence-electron chi connectivity index (χ1n) is 8.21. The minimum atomic E-state index is -3.68. The summed E-state index contributed by atoms with van der Waals surface area (Å²) in [5, 5.41) is 2.63. The van der Waals surface area contributed by atoms with E-state index in [1.807, 2.05) is 0 Å². The number of carbonyl (C=O) groups is 1. The fourth-order valence-electron chi connectivity index (χ4n) is 2.23. The molecule has 1 unspecified atom stereocenters. The zero-order chi connectivity index (χ0) is 20.0. The van der Waals surface area contributed by atoms with Gasteiger partial charge in [0, 0.05) is 18.2 Å². The van der Waals surface area contributed by atoms with Gasteiger partial charge in [0.25, 0.3) is 5.91 Å². The third-order valence-electron chi connectivity index (χ3n) is 3.50. The molecule has 9 heteroatoms. The van der Waals surface area contributed by atoms with E-state index in [1.54, 1.807) is 13.8 Å². The standard InChI is InChI=1S/C18H20F2N2O4S/c1-3-21-27(24,25)15-6-4-5-13(9-15)18(23)22-12(2)11-26-17-8-7-14(19)10-16(17)20/h4-10,12,21H,3,11H2,1-2H3,(H,22,23). The number of halogens is 2. The van der Waals surface area contributed by atoms with Crippen molar-refractivity contribution in [3.05, 3.63) is 59.7 Å². The van der Waals surface area contributed by atoms with Crippen molar-refractivity contribution < 1.29 is 26.7 Å². The number of benzene rings is 2. The molecule has 2 aromatic carbocycles. The van der Waals surface area contributed by atoms with Crippen molar-refractivity contribution in [3.63, 3.8) is 0 Å². The molecule has 0 aliphatic heterocycles. The van der Waals surface area contributed by atoms with Crippen molar-refractivity contribution >= 4 is 15.9 Å². The highest BCUT2D eigenvalue weighted by molar-refractivity contribution is 7.89. The average Bonchev–Trinajstić information content (AvgIpc) is 2.61. The van der Waals surface area contributed by atoms with Crippen LogP contribution in [0.4, 0.5) is 8.78 Å². The van der Waals surface area contributed by atoms with E-state index in [9.17, 15) is 22.0 Å². The number of amides is 1. The lowest BCUT2D eigenvalue weighted by Gasteiger charge is -2.16. The summed E-state index contributed by atoms with van der Waals surface area (Å²) in [6, 6.07) is 8.03. The summed E-state index contributed by atoms with van der Waals surface area (Å²) >= 11 is 0. The largest absolute Gasteiger partial charge is 0.488 e. The monoisotopic (exact) mass is 398 g/mol. The summed E-state index contributed by atoms with van der Waals surface area (Å²) in [5.74, 6) is -2.18. The maximum absolute atomic E-state index is 13.5. The Kier molecular flexibility index (Phi) is 6.86. The lowest BCUT2D eigenvalue weighted by molar-refractivity contribution is 0.0926. The average molecular weight is 398 g/mol. The molecular weight excluding hydrogens is 378 g/mol. The first-order chi connectivity index (χ1) is 12.7. The molecule has 0 aliphatic rings. The van der Waals surface area contributed by atoms with E-state index in [2.05, 4.69) is 10.0 Å². The van der Waals surface area contributed by atoms with Crippen LogP contribution in [0.25, 0.3) is 0 Å². The minimum Gasteiger partial charge on any atom is -0.488 e. The lowest BCUT2D eigenvalue weighted by atomic mass is 10.2. The van der Waals surface area contributed by atoms with E-state index < -0.39 is 33.6 Å². The van der Waals surface area contributed by atoms with Gasteiger partial charge >= 0.3 is 0 Å². The van der Waals surface area contributed by atoms with Gasteiger partial charge in [0.05, 0.1) is 10.9 Å². The van der Waals surface area contributed by atoms with Gasteiger partial charge in [-0.05, 0) is 37.3 Å². The van der Waals surface area contributed by atoms with E-state index in [0.29, 0.717) is 6.07 Å². The van der Waals surface area contributed by atoms with Crippen molar-refractivity contribution in [1.29, 1.82) is 0 Å². The molecule has 0 spiro atoms. The van der Waals surface area contributed by atoms with Crippen LogP contribution in [-0.2, 0) is 10.0 Å². The highest BCUT2D eigenvalue weighted by atomic mass is 32.2. The zero-order valence-electron chi connectivity index (χ0n) is 14.8. The number of ether oxygens (including phenoxy) is 1. The molecular formula is C18H20F2N2O4S. The first-order valence-corrected chi connectivity index (χ1v) is 9.69. The maximum Gasteiger partial charge on any atom is 0.251 e. The Morgan fingerprint density at radius 1 is 1.19 bits per heavy atom. The molecule has 0 aliphatic carbocycles. The third kappa shape index (κ3) is 5.73. The summed E-state index contributed by atoms with van der Waals surface area (Å²) in [4.78, 5) is 12.3. The van der Waals surface area contributed by atoms with E-state index in [0.717, 1.165) is 12.1 Å². The topological polar surface area (TPSA) is 84.5 Å². The van der Waals surface area contributed by atoms with Gasteiger partial charge in [-0.3, -0.25) is 4.79 Å². The Hall–Kier alpha value is -2.52. The Labute approximate surface area is 156 Å². The second kappa shape index (κ2) is 8.92. The summed E-state index contributed by atoms with van der Waals surface area (Å²) in [5.41, 5.74) is 0.161. The number of sulfonamides is 1. The second-order valence-corrected chi connectivity index (χ2v) is 7.56. The molecule has 0 radical (unpaired) electrons. The molecule has 0 aromatic heterocycles. The van der Waals surface area contributed by atoms with Crippen LogP contribution in [0.2, 0.25) is 0 Å². The summed E-state index contributed by atoms with van der Waals surface area (Å²) in [7, 11) is -3.68. The van der Waals surface area contributed by atoms with Crippen LogP contribution in [0.1, 0.15) is 24.2 Å². The molecule has 0 fully saturated rings. The van der Waals surface area contributed by atoms with E-state index in [4.69, 9.17) is 4.74 Å². The summed E-state index contributed by atoms with van der Waals surface area (Å²) < 4.78 is 58.0. The maximum atomic E-state index is 13.5. The van der Waals surface area contributed by atoms with Gasteiger partial charge < -0.3 is 10.1 Å². The molecule has 27 heavy (non-hydrogen) atoms. The van der Waals surface area contributed by atoms with Gasteiger partial charge in [0.15, 0.2) is 11.6 Å². The van der Waals surface area contributed by atoms with Crippen LogP contribution in [0.15, 0.2) is 47.4 Å². The molecule has 2 aromatic rings. The molecule has 0 heterocycles. The highest BCUT2D eigenvalue weighted by Gasteiger charge is 2.17. The van der Waals surface area contributed by atoms with Crippen LogP contribution in [0.5, 0.6) is 5.75 Å². The number of rotatable bonds is 8. The van der Waals surface area contributed by atoms with Gasteiger partial charge in [0.2, 0.25) is 10.0 Å². The van der Waals surface area contributed by atoms with E-state index >= 15 is 0 Å². The molecule has 1 amide bonds. The fraction of sp³-hybridized carbons (Fsp3) is 0.278. The number of nitrogens with one attached hydrogen (secondary N) is 2. The van der Waals surface area contributed by atoms with Crippen molar-refractivity contribution in [2.24, 2.45) is 0 Å². The normalized spacial score (nSPS) is 12.4. The van der Waals surface area contributed by atoms with Crippen LogP contribution in [0.3, 0.4) is 0 Å². The predicted octanol–water partition coefficient (Wildman–Crippen LogP) is 2.46. The molecule has 0 bridgehead atoms. The minimum absolute atomic E-state index is 0.0192. The van der Waals surface area contributed by atoms with Gasteiger partial charge in [0.1, 0.15) is 12.4 Å².